The first-order chi connectivity index (χ1) is 9.01. The van der Waals surface area contributed by atoms with Crippen molar-refractivity contribution >= 4 is 21.5 Å². The zero-order chi connectivity index (χ0) is 13.9. The van der Waals surface area contributed by atoms with E-state index in [-0.39, 0.29) is 10.6 Å². The maximum absolute atomic E-state index is 13.0. The van der Waals surface area contributed by atoms with Gasteiger partial charge in [-0.15, -0.1) is 0 Å². The Hall–Kier alpha value is -2.15. The van der Waals surface area contributed by atoms with Gasteiger partial charge in [0.05, 0.1) is 5.69 Å². The van der Waals surface area contributed by atoms with Crippen LogP contribution in [0.5, 0.6) is 0 Å². The molecule has 19 heavy (non-hydrogen) atoms. The molecule has 2 aromatic rings. The topological polar surface area (TPSA) is 71.1 Å². The van der Waals surface area contributed by atoms with Crippen molar-refractivity contribution in [3.8, 4) is 0 Å². The molecule has 1 aromatic carbocycles. The molecule has 0 unspecified atom stereocenters. The lowest BCUT2D eigenvalue weighted by Crippen LogP contribution is -2.13. The number of nitrogens with zero attached hydrogens (tertiary/aromatic N) is 1. The van der Waals surface area contributed by atoms with Crippen LogP contribution < -0.4 is 10.0 Å². The Morgan fingerprint density at radius 2 is 2.00 bits per heavy atom. The summed E-state index contributed by atoms with van der Waals surface area (Å²) < 4.78 is 39.3. The Morgan fingerprint density at radius 3 is 2.58 bits per heavy atom. The lowest BCUT2D eigenvalue weighted by Gasteiger charge is -2.08. The minimum Gasteiger partial charge on any atom is -0.373 e. The van der Waals surface area contributed by atoms with Crippen molar-refractivity contribution in [2.24, 2.45) is 0 Å². The van der Waals surface area contributed by atoms with Gasteiger partial charge in [-0.05, 0) is 30.3 Å². The summed E-state index contributed by atoms with van der Waals surface area (Å²) in [6.45, 7) is 0. The van der Waals surface area contributed by atoms with Crippen molar-refractivity contribution in [3.63, 3.8) is 0 Å². The van der Waals surface area contributed by atoms with Crippen LogP contribution in [0.2, 0.25) is 0 Å². The molecule has 2 rings (SSSR count). The van der Waals surface area contributed by atoms with Crippen LogP contribution >= 0.6 is 0 Å². The standard InChI is InChI=1S/C12H12FN3O2S/c1-14-12-6-5-11(8-15-12)19(17,18)16-10-4-2-3-9(13)7-10/h2-8,16H,1H3,(H,14,15). The van der Waals surface area contributed by atoms with Crippen LogP contribution in [0.1, 0.15) is 0 Å². The lowest BCUT2D eigenvalue weighted by molar-refractivity contribution is 0.600. The minimum absolute atomic E-state index is 0.00996. The Kier molecular flexibility index (Phi) is 3.66. The molecule has 7 heteroatoms. The summed E-state index contributed by atoms with van der Waals surface area (Å²) in [5.41, 5.74) is 0.165. The van der Waals surface area contributed by atoms with E-state index in [1.165, 1.54) is 30.5 Å². The summed E-state index contributed by atoms with van der Waals surface area (Å²) in [4.78, 5) is 3.93. The normalized spacial score (nSPS) is 11.1. The van der Waals surface area contributed by atoms with Crippen molar-refractivity contribution in [2.75, 3.05) is 17.1 Å². The molecule has 0 aliphatic carbocycles. The van der Waals surface area contributed by atoms with E-state index in [1.807, 2.05) is 0 Å². The highest BCUT2D eigenvalue weighted by Gasteiger charge is 2.14. The fraction of sp³-hybridized carbons (Fsp3) is 0.0833. The van der Waals surface area contributed by atoms with Crippen molar-refractivity contribution < 1.29 is 12.8 Å². The molecule has 0 radical (unpaired) electrons. The molecule has 0 aliphatic rings. The molecule has 0 saturated carbocycles. The third-order valence-electron chi connectivity index (χ3n) is 2.38. The number of anilines is 2. The van der Waals surface area contributed by atoms with Crippen LogP contribution in [0.25, 0.3) is 0 Å². The number of nitrogens with one attached hydrogen (secondary N) is 2. The maximum Gasteiger partial charge on any atom is 0.263 e. The van der Waals surface area contributed by atoms with E-state index in [4.69, 9.17) is 0 Å². The molecule has 2 N–H and O–H groups in total. The van der Waals surface area contributed by atoms with Crippen LogP contribution in [0.15, 0.2) is 47.5 Å². The Balaban J connectivity index is 2.27. The molecule has 0 spiro atoms. The summed E-state index contributed by atoms with van der Waals surface area (Å²) in [5.74, 6) is 0.0496. The fourth-order valence-electron chi connectivity index (χ4n) is 1.45. The zero-order valence-electron chi connectivity index (χ0n) is 10.1. The maximum atomic E-state index is 13.0. The highest BCUT2D eigenvalue weighted by molar-refractivity contribution is 7.92. The van der Waals surface area contributed by atoms with Crippen molar-refractivity contribution in [1.82, 2.24) is 4.98 Å². The van der Waals surface area contributed by atoms with E-state index in [0.29, 0.717) is 5.82 Å². The monoisotopic (exact) mass is 281 g/mol. The largest absolute Gasteiger partial charge is 0.373 e. The number of benzene rings is 1. The molecular formula is C12H12FN3O2S. The van der Waals surface area contributed by atoms with E-state index in [9.17, 15) is 12.8 Å². The van der Waals surface area contributed by atoms with Gasteiger partial charge in [0.1, 0.15) is 16.5 Å². The van der Waals surface area contributed by atoms with Gasteiger partial charge in [0, 0.05) is 13.2 Å². The van der Waals surface area contributed by atoms with Gasteiger partial charge in [-0.3, -0.25) is 4.72 Å². The summed E-state index contributed by atoms with van der Waals surface area (Å²) in [7, 11) is -2.08. The second-order valence-electron chi connectivity index (χ2n) is 3.74. The van der Waals surface area contributed by atoms with E-state index in [2.05, 4.69) is 15.0 Å². The predicted octanol–water partition coefficient (Wildman–Crippen LogP) is 2.06. The summed E-state index contributed by atoms with van der Waals surface area (Å²) in [6, 6.07) is 8.19. The second-order valence-corrected chi connectivity index (χ2v) is 5.43. The van der Waals surface area contributed by atoms with Gasteiger partial charge in [0.25, 0.3) is 10.0 Å². The Labute approximate surface area is 110 Å². The molecule has 0 saturated heterocycles. The third kappa shape index (κ3) is 3.19. The number of rotatable bonds is 4. The highest BCUT2D eigenvalue weighted by atomic mass is 32.2. The molecule has 100 valence electrons. The predicted molar refractivity (Wildman–Crippen MR) is 71.0 cm³/mol. The number of halogens is 1. The first kappa shape index (κ1) is 13.3. The quantitative estimate of drug-likeness (QED) is 0.900. The number of hydrogen-bond donors (Lipinski definition) is 2. The van der Waals surface area contributed by atoms with Crippen LogP contribution in [-0.4, -0.2) is 20.4 Å². The van der Waals surface area contributed by atoms with Gasteiger partial charge < -0.3 is 5.32 Å². The first-order valence-electron chi connectivity index (χ1n) is 5.43. The molecule has 0 amide bonds. The Morgan fingerprint density at radius 1 is 1.21 bits per heavy atom. The van der Waals surface area contributed by atoms with Crippen LogP contribution in [-0.2, 0) is 10.0 Å². The van der Waals surface area contributed by atoms with E-state index in [1.54, 1.807) is 13.1 Å². The number of aromatic nitrogens is 1. The van der Waals surface area contributed by atoms with Crippen LogP contribution in [0, 0.1) is 5.82 Å². The second kappa shape index (κ2) is 5.23. The number of pyridine rings is 1. The summed E-state index contributed by atoms with van der Waals surface area (Å²) in [5, 5.41) is 2.79. The highest BCUT2D eigenvalue weighted by Crippen LogP contribution is 2.17. The van der Waals surface area contributed by atoms with Crippen LogP contribution in [0.4, 0.5) is 15.9 Å². The molecule has 0 fully saturated rings. The van der Waals surface area contributed by atoms with Crippen LogP contribution in [0.3, 0.4) is 0 Å². The van der Waals surface area contributed by atoms with Gasteiger partial charge in [-0.25, -0.2) is 17.8 Å². The summed E-state index contributed by atoms with van der Waals surface area (Å²) >= 11 is 0. The van der Waals surface area contributed by atoms with Gasteiger partial charge in [0.15, 0.2) is 0 Å². The smallest absolute Gasteiger partial charge is 0.263 e. The molecule has 0 bridgehead atoms. The van der Waals surface area contributed by atoms with Crippen molar-refractivity contribution in [3.05, 3.63) is 48.4 Å². The lowest BCUT2D eigenvalue weighted by atomic mass is 10.3. The van der Waals surface area contributed by atoms with E-state index in [0.717, 1.165) is 6.07 Å². The minimum atomic E-state index is -3.76. The van der Waals surface area contributed by atoms with Gasteiger partial charge in [0.2, 0.25) is 0 Å². The average molecular weight is 281 g/mol. The molecule has 1 heterocycles. The van der Waals surface area contributed by atoms with Gasteiger partial charge in [-0.1, -0.05) is 6.07 Å². The molecule has 1 aromatic heterocycles. The fourth-order valence-corrected chi connectivity index (χ4v) is 2.45. The summed E-state index contributed by atoms with van der Waals surface area (Å²) in [6.07, 6.45) is 1.23. The van der Waals surface area contributed by atoms with E-state index < -0.39 is 15.8 Å². The Bertz CT molecular complexity index is 672. The average Bonchev–Trinajstić information content (AvgIpc) is 2.38. The first-order valence-corrected chi connectivity index (χ1v) is 6.92. The number of hydrogen-bond acceptors (Lipinski definition) is 4. The number of sulfonamides is 1. The van der Waals surface area contributed by atoms with Crippen molar-refractivity contribution in [1.29, 1.82) is 0 Å². The molecule has 0 atom stereocenters. The van der Waals surface area contributed by atoms with Gasteiger partial charge in [-0.2, -0.15) is 0 Å². The molecule has 5 nitrogen and oxygen atoms in total. The van der Waals surface area contributed by atoms with E-state index >= 15 is 0 Å². The molecular weight excluding hydrogens is 269 g/mol. The SMILES string of the molecule is CNc1ccc(S(=O)(=O)Nc2cccc(F)c2)cn1. The molecule has 0 aliphatic heterocycles. The van der Waals surface area contributed by atoms with Gasteiger partial charge >= 0.3 is 0 Å². The zero-order valence-corrected chi connectivity index (χ0v) is 10.9. The van der Waals surface area contributed by atoms with Crippen molar-refractivity contribution in [2.45, 2.75) is 4.90 Å². The third-order valence-corrected chi connectivity index (χ3v) is 3.75.